The van der Waals surface area contributed by atoms with Crippen LogP contribution in [0.25, 0.3) is 0 Å². The lowest BCUT2D eigenvalue weighted by Crippen LogP contribution is -2.42. The molecule has 0 atom stereocenters. The summed E-state index contributed by atoms with van der Waals surface area (Å²) in [6, 6.07) is 2.32. The molecule has 6 nitrogen and oxygen atoms in total. The van der Waals surface area contributed by atoms with Crippen LogP contribution in [0.2, 0.25) is 0 Å². The molecule has 0 amide bonds. The van der Waals surface area contributed by atoms with E-state index in [9.17, 15) is 34.8 Å². The lowest BCUT2D eigenvalue weighted by atomic mass is 9.78. The van der Waals surface area contributed by atoms with Crippen molar-refractivity contribution >= 4 is 28.3 Å². The lowest BCUT2D eigenvalue weighted by molar-refractivity contribution is -0.274. The number of halogens is 6. The van der Waals surface area contributed by atoms with Crippen molar-refractivity contribution in [2.24, 2.45) is 0 Å². The molecule has 0 bridgehead atoms. The number of benzene rings is 1. The number of ether oxygens (including phenoxy) is 1. The fourth-order valence-electron chi connectivity index (χ4n) is 2.68. The molecule has 1 aromatic rings. The second-order valence-corrected chi connectivity index (χ2v) is 9.33. The van der Waals surface area contributed by atoms with Crippen LogP contribution in [0, 0.1) is 0 Å². The first kappa shape index (κ1) is 24.6. The van der Waals surface area contributed by atoms with Gasteiger partial charge in [0.05, 0.1) is 16.9 Å². The summed E-state index contributed by atoms with van der Waals surface area (Å²) < 4.78 is 117. The van der Waals surface area contributed by atoms with E-state index in [0.717, 1.165) is 25.1 Å². The first-order valence-corrected chi connectivity index (χ1v) is 10.1. The third-order valence-corrected chi connectivity index (χ3v) is 6.52. The second kappa shape index (κ2) is 7.48. The zero-order valence-corrected chi connectivity index (χ0v) is 17.5. The van der Waals surface area contributed by atoms with E-state index in [4.69, 9.17) is 9.31 Å². The maximum atomic E-state index is 13.0. The monoisotopic (exact) mass is 463 g/mol. The highest BCUT2D eigenvalue weighted by Crippen LogP contribution is 2.38. The van der Waals surface area contributed by atoms with Crippen molar-refractivity contribution in [3.8, 4) is 5.75 Å². The quantitative estimate of drug-likeness (QED) is 0.494. The molecule has 1 aromatic carbocycles. The fraction of sp³-hybridized carbons (Fsp3) is 0.625. The van der Waals surface area contributed by atoms with Crippen molar-refractivity contribution in [2.75, 3.05) is 10.8 Å². The molecule has 0 aromatic heterocycles. The van der Waals surface area contributed by atoms with Crippen molar-refractivity contribution < 1.29 is 48.8 Å². The zero-order valence-electron chi connectivity index (χ0n) is 16.7. The van der Waals surface area contributed by atoms with Gasteiger partial charge in [0.15, 0.2) is 0 Å². The minimum atomic E-state index is -5.79. The van der Waals surface area contributed by atoms with E-state index in [2.05, 4.69) is 4.74 Å². The molecule has 1 saturated heterocycles. The van der Waals surface area contributed by atoms with Gasteiger partial charge in [0, 0.05) is 12.0 Å². The van der Waals surface area contributed by atoms with Gasteiger partial charge in [-0.2, -0.15) is 21.6 Å². The summed E-state index contributed by atoms with van der Waals surface area (Å²) in [7, 11) is -7.23. The van der Waals surface area contributed by atoms with E-state index in [1.54, 1.807) is 27.7 Å². The molecule has 30 heavy (non-hydrogen) atoms. The van der Waals surface area contributed by atoms with Gasteiger partial charge in [-0.25, -0.2) is 0 Å². The molecule has 0 unspecified atom stereocenters. The maximum Gasteiger partial charge on any atom is 0.573 e. The molecular weight excluding hydrogens is 443 g/mol. The van der Waals surface area contributed by atoms with E-state index < -0.39 is 63.7 Å². The Morgan fingerprint density at radius 1 is 1.03 bits per heavy atom. The maximum absolute atomic E-state index is 13.0. The Morgan fingerprint density at radius 3 is 1.93 bits per heavy atom. The van der Waals surface area contributed by atoms with E-state index in [0.29, 0.717) is 0 Å². The van der Waals surface area contributed by atoms with Crippen molar-refractivity contribution in [1.29, 1.82) is 0 Å². The molecule has 0 N–H and O–H groups in total. The van der Waals surface area contributed by atoms with Crippen molar-refractivity contribution in [3.63, 3.8) is 0 Å². The smallest absolute Gasteiger partial charge is 0.406 e. The Balaban J connectivity index is 2.61. The van der Waals surface area contributed by atoms with Crippen molar-refractivity contribution in [2.45, 2.75) is 57.7 Å². The van der Waals surface area contributed by atoms with Gasteiger partial charge in [0.1, 0.15) is 5.75 Å². The summed E-state index contributed by atoms with van der Waals surface area (Å²) in [6.07, 6.45) is -5.11. The Kier molecular flexibility index (Phi) is 6.14. The standard InChI is InChI=1S/C16H20BF6NO5S/c1-6-24(30(25,26)16(21,22)23)10-7-8-12(27-15(18,19)20)11(9-10)17-28-13(2,3)14(4,5)29-17/h7-9H,6H2,1-5H3. The Hall–Kier alpha value is -1.67. The summed E-state index contributed by atoms with van der Waals surface area (Å²) >= 11 is 0. The molecule has 0 aliphatic carbocycles. The van der Waals surface area contributed by atoms with Crippen LogP contribution < -0.4 is 14.5 Å². The highest BCUT2D eigenvalue weighted by Gasteiger charge is 2.54. The number of sulfonamides is 1. The first-order chi connectivity index (χ1) is 13.3. The second-order valence-electron chi connectivity index (χ2n) is 7.47. The van der Waals surface area contributed by atoms with Gasteiger partial charge in [0.25, 0.3) is 0 Å². The predicted molar refractivity (Wildman–Crippen MR) is 96.8 cm³/mol. The van der Waals surface area contributed by atoms with Crippen LogP contribution >= 0.6 is 0 Å². The van der Waals surface area contributed by atoms with Crippen LogP contribution in [-0.2, 0) is 19.3 Å². The molecule has 2 rings (SSSR count). The predicted octanol–water partition coefficient (Wildman–Crippen LogP) is 3.56. The summed E-state index contributed by atoms with van der Waals surface area (Å²) in [4.78, 5) is 0. The average molecular weight is 463 g/mol. The number of hydrogen-bond acceptors (Lipinski definition) is 5. The van der Waals surface area contributed by atoms with Crippen LogP contribution in [-0.4, -0.2) is 45.2 Å². The summed E-state index contributed by atoms with van der Waals surface area (Å²) in [5.41, 5.74) is -8.49. The van der Waals surface area contributed by atoms with Crippen LogP contribution in [0.4, 0.5) is 32.0 Å². The number of nitrogens with zero attached hydrogens (tertiary/aromatic N) is 1. The Bertz CT molecular complexity index is 884. The van der Waals surface area contributed by atoms with Crippen LogP contribution in [0.5, 0.6) is 5.75 Å². The van der Waals surface area contributed by atoms with E-state index >= 15 is 0 Å². The summed E-state index contributed by atoms with van der Waals surface area (Å²) in [5, 5.41) is 0. The summed E-state index contributed by atoms with van der Waals surface area (Å²) in [5.74, 6) is -0.787. The minimum absolute atomic E-state index is 0.0269. The van der Waals surface area contributed by atoms with Crippen LogP contribution in [0.3, 0.4) is 0 Å². The first-order valence-electron chi connectivity index (χ1n) is 8.67. The van der Waals surface area contributed by atoms with Gasteiger partial charge in [-0.1, -0.05) is 0 Å². The Labute approximate surface area is 170 Å². The highest BCUT2D eigenvalue weighted by molar-refractivity contribution is 7.93. The zero-order chi connectivity index (χ0) is 23.3. The Morgan fingerprint density at radius 2 is 1.53 bits per heavy atom. The van der Waals surface area contributed by atoms with Gasteiger partial charge in [-0.05, 0) is 52.8 Å². The molecule has 1 aliphatic rings. The van der Waals surface area contributed by atoms with Crippen molar-refractivity contribution in [1.82, 2.24) is 0 Å². The molecule has 1 aliphatic heterocycles. The largest absolute Gasteiger partial charge is 0.573 e. The molecule has 0 radical (unpaired) electrons. The lowest BCUT2D eigenvalue weighted by Gasteiger charge is -2.32. The molecule has 14 heteroatoms. The topological polar surface area (TPSA) is 65.1 Å². The third kappa shape index (κ3) is 4.64. The van der Waals surface area contributed by atoms with Gasteiger partial charge in [-0.3, -0.25) is 4.31 Å². The van der Waals surface area contributed by atoms with Gasteiger partial charge < -0.3 is 14.0 Å². The third-order valence-electron chi connectivity index (χ3n) is 4.88. The molecule has 0 spiro atoms. The molecule has 1 heterocycles. The van der Waals surface area contributed by atoms with Gasteiger partial charge in [-0.15, -0.1) is 13.2 Å². The normalized spacial score (nSPS) is 19.1. The molecule has 1 fully saturated rings. The highest BCUT2D eigenvalue weighted by atomic mass is 32.2. The van der Waals surface area contributed by atoms with Crippen LogP contribution in [0.1, 0.15) is 34.6 Å². The minimum Gasteiger partial charge on any atom is -0.406 e. The number of anilines is 1. The molecule has 0 saturated carbocycles. The molecular formula is C16H20BF6NO5S. The van der Waals surface area contributed by atoms with Gasteiger partial charge >= 0.3 is 29.0 Å². The average Bonchev–Trinajstić information content (AvgIpc) is 2.74. The number of rotatable bonds is 5. The van der Waals surface area contributed by atoms with Crippen LogP contribution in [0.15, 0.2) is 18.2 Å². The number of hydrogen-bond donors (Lipinski definition) is 0. The van der Waals surface area contributed by atoms with Gasteiger partial charge in [0.2, 0.25) is 0 Å². The van der Waals surface area contributed by atoms with E-state index in [1.807, 2.05) is 0 Å². The molecule has 170 valence electrons. The number of alkyl halides is 6. The van der Waals surface area contributed by atoms with E-state index in [-0.39, 0.29) is 4.31 Å². The fourth-order valence-corrected chi connectivity index (χ4v) is 3.66. The summed E-state index contributed by atoms with van der Waals surface area (Å²) in [6.45, 7) is 7.00. The van der Waals surface area contributed by atoms with Crippen molar-refractivity contribution in [3.05, 3.63) is 18.2 Å². The van der Waals surface area contributed by atoms with E-state index in [1.165, 1.54) is 0 Å². The SMILES string of the molecule is CCN(c1ccc(OC(F)(F)F)c(B2OC(C)(C)C(C)(C)O2)c1)S(=O)(=O)C(F)(F)F.